The molecule has 0 bridgehead atoms. The number of aromatic hydroxyl groups is 1. The zero-order valence-electron chi connectivity index (χ0n) is 12.2. The number of nitrogens with one attached hydrogen (secondary N) is 1. The fraction of sp³-hybridized carbons (Fsp3) is 0.250. The van der Waals surface area contributed by atoms with Gasteiger partial charge in [0, 0.05) is 18.3 Å². The first-order valence-corrected chi connectivity index (χ1v) is 6.87. The van der Waals surface area contributed by atoms with Crippen molar-refractivity contribution in [3.8, 4) is 17.2 Å². The summed E-state index contributed by atoms with van der Waals surface area (Å²) in [7, 11) is 3.13. The maximum Gasteiger partial charge on any atom is 0.179 e. The summed E-state index contributed by atoms with van der Waals surface area (Å²) < 4.78 is 10.5. The third-order valence-corrected chi connectivity index (χ3v) is 3.48. The highest BCUT2D eigenvalue weighted by Gasteiger charge is 2.10. The molecule has 2 N–H and O–H groups in total. The number of hydrogen-bond acceptors (Lipinski definition) is 4. The van der Waals surface area contributed by atoms with Crippen molar-refractivity contribution in [2.24, 2.45) is 0 Å². The van der Waals surface area contributed by atoms with Crippen molar-refractivity contribution in [1.82, 2.24) is 0 Å². The van der Waals surface area contributed by atoms with Crippen LogP contribution in [0.25, 0.3) is 0 Å². The number of methoxy groups -OCH3 is 2. The predicted molar refractivity (Wildman–Crippen MR) is 84.7 cm³/mol. The topological polar surface area (TPSA) is 50.7 Å². The van der Waals surface area contributed by atoms with Crippen LogP contribution >= 0.6 is 11.6 Å². The highest BCUT2D eigenvalue weighted by Crippen LogP contribution is 2.36. The van der Waals surface area contributed by atoms with E-state index in [1.54, 1.807) is 20.3 Å². The van der Waals surface area contributed by atoms with E-state index in [2.05, 4.69) is 5.32 Å². The molecule has 0 radical (unpaired) electrons. The van der Waals surface area contributed by atoms with Gasteiger partial charge in [0.25, 0.3) is 0 Å². The smallest absolute Gasteiger partial charge is 0.179 e. The lowest BCUT2D eigenvalue weighted by Crippen LogP contribution is -2.01. The van der Waals surface area contributed by atoms with Gasteiger partial charge in [0.1, 0.15) is 5.75 Å². The number of hydrogen-bond donors (Lipinski definition) is 2. The van der Waals surface area contributed by atoms with Gasteiger partial charge >= 0.3 is 0 Å². The molecular weight excluding hydrogens is 290 g/mol. The first-order chi connectivity index (χ1) is 10.0. The molecule has 0 spiro atoms. The molecule has 0 atom stereocenters. The molecule has 2 aromatic rings. The summed E-state index contributed by atoms with van der Waals surface area (Å²) in [6, 6.07) is 9.16. The highest BCUT2D eigenvalue weighted by molar-refractivity contribution is 6.32. The third kappa shape index (κ3) is 3.52. The van der Waals surface area contributed by atoms with Crippen molar-refractivity contribution in [1.29, 1.82) is 0 Å². The Bertz CT molecular complexity index is 644. The van der Waals surface area contributed by atoms with Gasteiger partial charge < -0.3 is 19.9 Å². The predicted octanol–water partition coefficient (Wildman–Crippen LogP) is 3.98. The summed E-state index contributed by atoms with van der Waals surface area (Å²) in [4.78, 5) is 0. The number of phenolic OH excluding ortho intramolecular Hbond substituents is 1. The van der Waals surface area contributed by atoms with E-state index in [9.17, 15) is 5.11 Å². The molecule has 0 saturated carbocycles. The summed E-state index contributed by atoms with van der Waals surface area (Å²) in [5.74, 6) is 1.38. The molecule has 0 fully saturated rings. The van der Waals surface area contributed by atoms with E-state index < -0.39 is 0 Å². The van der Waals surface area contributed by atoms with E-state index in [1.807, 2.05) is 31.2 Å². The number of rotatable bonds is 5. The number of halogens is 1. The van der Waals surface area contributed by atoms with Crippen LogP contribution in [0.4, 0.5) is 5.69 Å². The quantitative estimate of drug-likeness (QED) is 0.877. The minimum atomic E-state index is 0.269. The van der Waals surface area contributed by atoms with Crippen molar-refractivity contribution < 1.29 is 14.6 Å². The highest BCUT2D eigenvalue weighted by atomic mass is 35.5. The lowest BCUT2D eigenvalue weighted by molar-refractivity contribution is 0.355. The average Bonchev–Trinajstić information content (AvgIpc) is 2.47. The zero-order valence-corrected chi connectivity index (χ0v) is 13.0. The molecule has 0 saturated heterocycles. The molecule has 0 heterocycles. The maximum absolute atomic E-state index is 9.69. The first-order valence-electron chi connectivity index (χ1n) is 6.49. The summed E-state index contributed by atoms with van der Waals surface area (Å²) in [5.41, 5.74) is 2.64. The number of ether oxygens (including phenoxy) is 2. The van der Waals surface area contributed by atoms with Crippen LogP contribution < -0.4 is 14.8 Å². The molecule has 4 nitrogen and oxygen atoms in total. The molecule has 21 heavy (non-hydrogen) atoms. The fourth-order valence-corrected chi connectivity index (χ4v) is 2.31. The Morgan fingerprint density at radius 3 is 2.52 bits per heavy atom. The Morgan fingerprint density at radius 1 is 1.14 bits per heavy atom. The molecule has 0 aliphatic carbocycles. The largest absolute Gasteiger partial charge is 0.508 e. The number of benzene rings is 2. The van der Waals surface area contributed by atoms with Crippen LogP contribution in [-0.2, 0) is 6.54 Å². The molecule has 112 valence electrons. The van der Waals surface area contributed by atoms with Gasteiger partial charge in [0.15, 0.2) is 11.5 Å². The summed E-state index contributed by atoms with van der Waals surface area (Å²) in [5, 5.41) is 13.4. The van der Waals surface area contributed by atoms with Crippen molar-refractivity contribution in [2.45, 2.75) is 13.5 Å². The van der Waals surface area contributed by atoms with E-state index in [-0.39, 0.29) is 5.75 Å². The summed E-state index contributed by atoms with van der Waals surface area (Å²) >= 11 is 6.17. The SMILES string of the molecule is COc1cc(CNc2ccc(C)c(O)c2)cc(Cl)c1OC. The number of phenols is 1. The van der Waals surface area contributed by atoms with Gasteiger partial charge in [-0.1, -0.05) is 17.7 Å². The van der Waals surface area contributed by atoms with E-state index in [1.165, 1.54) is 0 Å². The standard InChI is InChI=1S/C16H18ClNO3/c1-10-4-5-12(8-14(10)19)18-9-11-6-13(17)16(21-3)15(7-11)20-2/h4-8,18-19H,9H2,1-3H3. The van der Waals surface area contributed by atoms with Gasteiger partial charge in [0.05, 0.1) is 19.2 Å². The molecule has 5 heteroatoms. The van der Waals surface area contributed by atoms with Crippen LogP contribution in [0.15, 0.2) is 30.3 Å². The minimum Gasteiger partial charge on any atom is -0.508 e. The summed E-state index contributed by atoms with van der Waals surface area (Å²) in [6.45, 7) is 2.41. The van der Waals surface area contributed by atoms with Crippen LogP contribution in [0.5, 0.6) is 17.2 Å². The zero-order chi connectivity index (χ0) is 15.4. The Labute approximate surface area is 129 Å². The monoisotopic (exact) mass is 307 g/mol. The molecular formula is C16H18ClNO3. The summed E-state index contributed by atoms with van der Waals surface area (Å²) in [6.07, 6.45) is 0. The lowest BCUT2D eigenvalue weighted by atomic mass is 10.1. The van der Waals surface area contributed by atoms with Gasteiger partial charge in [-0.2, -0.15) is 0 Å². The second-order valence-electron chi connectivity index (χ2n) is 4.67. The lowest BCUT2D eigenvalue weighted by Gasteiger charge is -2.13. The molecule has 2 rings (SSSR count). The minimum absolute atomic E-state index is 0.269. The van der Waals surface area contributed by atoms with Gasteiger partial charge in [-0.3, -0.25) is 0 Å². The van der Waals surface area contributed by atoms with Crippen molar-refractivity contribution in [2.75, 3.05) is 19.5 Å². The number of anilines is 1. The van der Waals surface area contributed by atoms with E-state index in [0.29, 0.717) is 23.1 Å². The number of aryl methyl sites for hydroxylation is 1. The average molecular weight is 308 g/mol. The maximum atomic E-state index is 9.69. The van der Waals surface area contributed by atoms with Crippen molar-refractivity contribution in [3.05, 3.63) is 46.5 Å². The molecule has 0 aromatic heterocycles. The van der Waals surface area contributed by atoms with Crippen LogP contribution in [0.2, 0.25) is 5.02 Å². The molecule has 0 aliphatic rings. The van der Waals surface area contributed by atoms with E-state index >= 15 is 0 Å². The third-order valence-electron chi connectivity index (χ3n) is 3.20. The van der Waals surface area contributed by atoms with Gasteiger partial charge in [-0.05, 0) is 36.2 Å². The Balaban J connectivity index is 2.16. The molecule has 2 aromatic carbocycles. The van der Waals surface area contributed by atoms with E-state index in [0.717, 1.165) is 16.8 Å². The Morgan fingerprint density at radius 2 is 1.90 bits per heavy atom. The van der Waals surface area contributed by atoms with Crippen molar-refractivity contribution in [3.63, 3.8) is 0 Å². The Hall–Kier alpha value is -2.07. The second kappa shape index (κ2) is 6.59. The van der Waals surface area contributed by atoms with Crippen LogP contribution in [0, 0.1) is 6.92 Å². The van der Waals surface area contributed by atoms with Crippen LogP contribution in [0.1, 0.15) is 11.1 Å². The normalized spacial score (nSPS) is 10.3. The van der Waals surface area contributed by atoms with Crippen LogP contribution in [0.3, 0.4) is 0 Å². The van der Waals surface area contributed by atoms with Gasteiger partial charge in [0.2, 0.25) is 0 Å². The van der Waals surface area contributed by atoms with Gasteiger partial charge in [-0.15, -0.1) is 0 Å². The fourth-order valence-electron chi connectivity index (χ4n) is 2.00. The van der Waals surface area contributed by atoms with Crippen LogP contribution in [-0.4, -0.2) is 19.3 Å². The molecule has 0 aliphatic heterocycles. The van der Waals surface area contributed by atoms with E-state index in [4.69, 9.17) is 21.1 Å². The first kappa shape index (κ1) is 15.3. The van der Waals surface area contributed by atoms with Gasteiger partial charge in [-0.25, -0.2) is 0 Å². The second-order valence-corrected chi connectivity index (χ2v) is 5.08. The molecule has 0 unspecified atom stereocenters. The Kier molecular flexibility index (Phi) is 4.81. The molecule has 0 amide bonds. The van der Waals surface area contributed by atoms with Crippen molar-refractivity contribution >= 4 is 17.3 Å².